The molecule has 0 aromatic heterocycles. The van der Waals surface area contributed by atoms with Crippen LogP contribution in [0.15, 0.2) is 25.3 Å². The van der Waals surface area contributed by atoms with Crippen molar-refractivity contribution in [3.05, 3.63) is 25.3 Å². The Labute approximate surface area is 105 Å². The Balaban J connectivity index is 1.64. The van der Waals surface area contributed by atoms with Gasteiger partial charge in [-0.15, -0.1) is 0 Å². The van der Waals surface area contributed by atoms with Crippen LogP contribution >= 0.6 is 0 Å². The molecule has 0 saturated carbocycles. The molecule has 0 bridgehead atoms. The standard InChI is InChI=1S/C12H16O6/c1-3-7-14-5-6(15-7)10-9(13)11-12(18-10)17-8(4-2)16-11/h3-4,6-13H,1-2,5H2/p+1. The van der Waals surface area contributed by atoms with E-state index in [2.05, 4.69) is 17.9 Å². The van der Waals surface area contributed by atoms with Crippen molar-refractivity contribution < 1.29 is 28.8 Å². The molecule has 3 aliphatic heterocycles. The number of hydrogen-bond acceptors (Lipinski definition) is 5. The third-order valence-electron chi connectivity index (χ3n) is 3.34. The minimum absolute atomic E-state index is 0.324. The zero-order valence-electron chi connectivity index (χ0n) is 9.84. The molecule has 0 amide bonds. The van der Waals surface area contributed by atoms with Crippen molar-refractivity contribution in [3.63, 3.8) is 0 Å². The number of hydrogen-bond donors (Lipinski definition) is 1. The van der Waals surface area contributed by atoms with Crippen LogP contribution in [-0.4, -0.2) is 59.7 Å². The number of rotatable bonds is 3. The van der Waals surface area contributed by atoms with Gasteiger partial charge < -0.3 is 24.1 Å². The van der Waals surface area contributed by atoms with Crippen molar-refractivity contribution in [2.24, 2.45) is 0 Å². The van der Waals surface area contributed by atoms with E-state index in [0.29, 0.717) is 6.61 Å². The summed E-state index contributed by atoms with van der Waals surface area (Å²) in [6, 6.07) is 0. The normalized spacial score (nSPS) is 51.3. The monoisotopic (exact) mass is 257 g/mol. The van der Waals surface area contributed by atoms with E-state index in [0.717, 1.165) is 0 Å². The molecular formula is C12H17O6+. The van der Waals surface area contributed by atoms with E-state index in [1.165, 1.54) is 0 Å². The summed E-state index contributed by atoms with van der Waals surface area (Å²) in [5.74, 6) is 0. The highest BCUT2D eigenvalue weighted by Crippen LogP contribution is 2.34. The zero-order chi connectivity index (χ0) is 12.7. The second kappa shape index (κ2) is 4.73. The topological polar surface area (TPSA) is 70.0 Å². The number of ether oxygens (including phenoxy) is 5. The smallest absolute Gasteiger partial charge is 0.287 e. The van der Waals surface area contributed by atoms with Crippen LogP contribution in [0.5, 0.6) is 0 Å². The average molecular weight is 257 g/mol. The molecule has 0 aromatic rings. The Morgan fingerprint density at radius 1 is 1.17 bits per heavy atom. The maximum Gasteiger partial charge on any atom is 0.287 e. The largest absolute Gasteiger partial charge is 0.398 e. The summed E-state index contributed by atoms with van der Waals surface area (Å²) in [4.78, 5) is 0. The summed E-state index contributed by atoms with van der Waals surface area (Å²) in [6.45, 7) is 7.56. The molecule has 3 rings (SSSR count). The lowest BCUT2D eigenvalue weighted by atomic mass is 10.1. The molecule has 0 spiro atoms. The van der Waals surface area contributed by atoms with Gasteiger partial charge in [0.1, 0.15) is 12.2 Å². The van der Waals surface area contributed by atoms with E-state index in [-0.39, 0.29) is 12.2 Å². The van der Waals surface area contributed by atoms with Gasteiger partial charge >= 0.3 is 0 Å². The Hall–Kier alpha value is -0.760. The first-order chi connectivity index (χ1) is 8.72. The molecule has 3 aliphatic rings. The summed E-state index contributed by atoms with van der Waals surface area (Å²) in [6.07, 6.45) is -0.180. The molecule has 2 N–H and O–H groups in total. The third-order valence-corrected chi connectivity index (χ3v) is 3.34. The van der Waals surface area contributed by atoms with Gasteiger partial charge in [0.25, 0.3) is 6.29 Å². The predicted molar refractivity (Wildman–Crippen MR) is 60.6 cm³/mol. The van der Waals surface area contributed by atoms with Gasteiger partial charge in [0.05, 0.1) is 6.61 Å². The van der Waals surface area contributed by atoms with Crippen molar-refractivity contribution in [2.75, 3.05) is 6.61 Å². The molecule has 100 valence electrons. The van der Waals surface area contributed by atoms with Crippen molar-refractivity contribution in [1.82, 2.24) is 0 Å². The Morgan fingerprint density at radius 3 is 2.61 bits per heavy atom. The highest BCUT2D eigenvalue weighted by atomic mass is 16.8. The van der Waals surface area contributed by atoms with Crippen LogP contribution in [-0.2, 0) is 18.9 Å². The van der Waals surface area contributed by atoms with Gasteiger partial charge in [-0.05, 0) is 6.08 Å². The molecule has 0 aromatic carbocycles. The first-order valence-corrected chi connectivity index (χ1v) is 5.94. The molecule has 0 aliphatic carbocycles. The molecule has 0 radical (unpaired) electrons. The molecule has 3 heterocycles. The average Bonchev–Trinajstić information content (AvgIpc) is 3.05. The van der Waals surface area contributed by atoms with Crippen molar-refractivity contribution >= 4 is 0 Å². The van der Waals surface area contributed by atoms with E-state index in [9.17, 15) is 5.11 Å². The minimum atomic E-state index is -0.753. The van der Waals surface area contributed by atoms with Crippen molar-refractivity contribution in [1.29, 1.82) is 0 Å². The van der Waals surface area contributed by atoms with Gasteiger partial charge in [0.2, 0.25) is 12.4 Å². The SMILES string of the molecule is C=CC1OCC(C2OC3OC(C=C)[OH+]C3C2O)O1. The van der Waals surface area contributed by atoms with Crippen LogP contribution in [0.4, 0.5) is 0 Å². The lowest BCUT2D eigenvalue weighted by molar-refractivity contribution is -0.211. The Kier molecular flexibility index (Phi) is 3.23. The van der Waals surface area contributed by atoms with Gasteiger partial charge in [0.15, 0.2) is 12.4 Å². The van der Waals surface area contributed by atoms with Crippen molar-refractivity contribution in [2.45, 2.75) is 43.3 Å². The highest BCUT2D eigenvalue weighted by molar-refractivity contribution is 4.97. The van der Waals surface area contributed by atoms with Gasteiger partial charge in [-0.1, -0.05) is 13.2 Å². The maximum atomic E-state index is 10.2. The van der Waals surface area contributed by atoms with Crippen LogP contribution in [0, 0.1) is 0 Å². The molecule has 6 nitrogen and oxygen atoms in total. The summed E-state index contributed by atoms with van der Waals surface area (Å²) < 4.78 is 26.3. The first-order valence-electron chi connectivity index (χ1n) is 5.94. The quantitative estimate of drug-likeness (QED) is 0.542. The van der Waals surface area contributed by atoms with Crippen LogP contribution in [0.25, 0.3) is 0 Å². The van der Waals surface area contributed by atoms with Gasteiger partial charge in [-0.2, -0.15) is 0 Å². The fourth-order valence-electron chi connectivity index (χ4n) is 2.44. The number of aliphatic hydroxyl groups is 3. The van der Waals surface area contributed by atoms with Crippen molar-refractivity contribution in [3.8, 4) is 0 Å². The van der Waals surface area contributed by atoms with Gasteiger partial charge in [-0.3, -0.25) is 4.74 Å². The van der Waals surface area contributed by atoms with Crippen LogP contribution in [0.2, 0.25) is 0 Å². The molecule has 7 unspecified atom stereocenters. The first kappa shape index (κ1) is 12.3. The number of fused-ring (bicyclic) bond motifs is 1. The van der Waals surface area contributed by atoms with E-state index < -0.39 is 31.1 Å². The molecule has 18 heavy (non-hydrogen) atoms. The molecule has 3 saturated heterocycles. The zero-order valence-corrected chi connectivity index (χ0v) is 9.84. The van der Waals surface area contributed by atoms with Gasteiger partial charge in [-0.25, -0.2) is 0 Å². The minimum Gasteiger partial charge on any atom is -0.398 e. The fraction of sp³-hybridized carbons (Fsp3) is 0.667. The second-order valence-electron chi connectivity index (χ2n) is 4.47. The predicted octanol–water partition coefficient (Wildman–Crippen LogP) is -0.561. The Bertz CT molecular complexity index is 345. The molecule has 3 fully saturated rings. The van der Waals surface area contributed by atoms with Crippen LogP contribution in [0.1, 0.15) is 0 Å². The summed E-state index contributed by atoms with van der Waals surface area (Å²) in [7, 11) is 0. The maximum absolute atomic E-state index is 10.2. The summed E-state index contributed by atoms with van der Waals surface area (Å²) >= 11 is 0. The lowest BCUT2D eigenvalue weighted by Gasteiger charge is -2.20. The van der Waals surface area contributed by atoms with Crippen LogP contribution in [0.3, 0.4) is 0 Å². The Morgan fingerprint density at radius 2 is 2.00 bits per heavy atom. The summed E-state index contributed by atoms with van der Waals surface area (Å²) in [5.41, 5.74) is 0. The molecular weight excluding hydrogens is 240 g/mol. The second-order valence-corrected chi connectivity index (χ2v) is 4.47. The highest BCUT2D eigenvalue weighted by Gasteiger charge is 2.58. The molecule has 6 heteroatoms. The van der Waals surface area contributed by atoms with E-state index in [4.69, 9.17) is 18.9 Å². The van der Waals surface area contributed by atoms with Crippen LogP contribution < -0.4 is 0 Å². The fourth-order valence-corrected chi connectivity index (χ4v) is 2.44. The van der Waals surface area contributed by atoms with E-state index >= 15 is 0 Å². The number of aliphatic hydroxyl groups excluding tert-OH is 1. The van der Waals surface area contributed by atoms with Gasteiger partial charge in [0, 0.05) is 6.08 Å². The molecule has 7 atom stereocenters. The summed E-state index contributed by atoms with van der Waals surface area (Å²) in [5, 5.41) is 10.2. The third kappa shape index (κ3) is 1.91. The lowest BCUT2D eigenvalue weighted by Crippen LogP contribution is -2.41. The van der Waals surface area contributed by atoms with E-state index in [1.807, 2.05) is 0 Å². The van der Waals surface area contributed by atoms with E-state index in [1.54, 1.807) is 12.2 Å².